The van der Waals surface area contributed by atoms with E-state index in [-0.39, 0.29) is 6.04 Å². The quantitative estimate of drug-likeness (QED) is 0.558. The van der Waals surface area contributed by atoms with Crippen molar-refractivity contribution in [3.63, 3.8) is 0 Å². The molecule has 0 amide bonds. The molecule has 0 fully saturated rings. The topological polar surface area (TPSA) is 12.0 Å². The van der Waals surface area contributed by atoms with Crippen LogP contribution in [0.15, 0.2) is 18.2 Å². The van der Waals surface area contributed by atoms with E-state index in [0.717, 1.165) is 42.8 Å². The molecule has 1 unspecified atom stereocenters. The largest absolute Gasteiger partial charge is 0.310 e. The molecule has 0 spiro atoms. The Labute approximate surface area is 120 Å². The first-order valence-corrected chi connectivity index (χ1v) is 7.06. The number of terminal acetylenes is 1. The van der Waals surface area contributed by atoms with Crippen LogP contribution in [0.1, 0.15) is 44.2 Å². The number of benzene rings is 1. The van der Waals surface area contributed by atoms with Gasteiger partial charge in [-0.15, -0.1) is 12.3 Å². The Bertz CT molecular complexity index is 409. The minimum Gasteiger partial charge on any atom is -0.310 e. The molecule has 0 aliphatic heterocycles. The monoisotopic (exact) mass is 283 g/mol. The number of halogens is 2. The molecule has 0 aliphatic carbocycles. The van der Waals surface area contributed by atoms with Crippen molar-refractivity contribution in [2.24, 2.45) is 0 Å². The van der Waals surface area contributed by atoms with Crippen molar-refractivity contribution < 1.29 is 0 Å². The van der Waals surface area contributed by atoms with E-state index in [4.69, 9.17) is 29.6 Å². The Kier molecular flexibility index (Phi) is 7.20. The summed E-state index contributed by atoms with van der Waals surface area (Å²) in [6.45, 7) is 3.12. The lowest BCUT2D eigenvalue weighted by atomic mass is 10.0. The van der Waals surface area contributed by atoms with E-state index in [2.05, 4.69) is 18.2 Å². The average Bonchev–Trinajstić information content (AvgIpc) is 2.34. The van der Waals surface area contributed by atoms with Crippen LogP contribution in [-0.2, 0) is 0 Å². The summed E-state index contributed by atoms with van der Waals surface area (Å²) in [5.41, 5.74) is 1.10. The first-order chi connectivity index (χ1) is 8.69. The van der Waals surface area contributed by atoms with Crippen LogP contribution >= 0.6 is 23.2 Å². The van der Waals surface area contributed by atoms with E-state index < -0.39 is 0 Å². The fourth-order valence-corrected chi connectivity index (χ4v) is 2.42. The van der Waals surface area contributed by atoms with Gasteiger partial charge in [0.25, 0.3) is 0 Å². The first kappa shape index (κ1) is 15.4. The zero-order chi connectivity index (χ0) is 13.4. The summed E-state index contributed by atoms with van der Waals surface area (Å²) >= 11 is 12.2. The second-order valence-corrected chi connectivity index (χ2v) is 5.11. The van der Waals surface area contributed by atoms with Gasteiger partial charge >= 0.3 is 0 Å². The Morgan fingerprint density at radius 2 is 2.17 bits per heavy atom. The van der Waals surface area contributed by atoms with Crippen LogP contribution in [0, 0.1) is 12.3 Å². The van der Waals surface area contributed by atoms with Gasteiger partial charge in [-0.25, -0.2) is 0 Å². The summed E-state index contributed by atoms with van der Waals surface area (Å²) in [7, 11) is 0. The number of hydrogen-bond donors (Lipinski definition) is 1. The van der Waals surface area contributed by atoms with Crippen LogP contribution in [0.2, 0.25) is 10.0 Å². The summed E-state index contributed by atoms with van der Waals surface area (Å²) in [5.74, 6) is 2.67. The minimum absolute atomic E-state index is 0.253. The predicted molar refractivity (Wildman–Crippen MR) is 80.2 cm³/mol. The maximum Gasteiger partial charge on any atom is 0.0468 e. The Morgan fingerprint density at radius 1 is 1.39 bits per heavy atom. The van der Waals surface area contributed by atoms with E-state index in [1.54, 1.807) is 6.07 Å². The van der Waals surface area contributed by atoms with Crippen molar-refractivity contribution >= 4 is 23.2 Å². The third kappa shape index (κ3) is 4.90. The van der Waals surface area contributed by atoms with Gasteiger partial charge in [0.15, 0.2) is 0 Å². The summed E-state index contributed by atoms with van der Waals surface area (Å²) < 4.78 is 0. The highest BCUT2D eigenvalue weighted by Gasteiger charge is 2.13. The van der Waals surface area contributed by atoms with Crippen molar-refractivity contribution in [1.29, 1.82) is 0 Å². The zero-order valence-electron chi connectivity index (χ0n) is 10.7. The minimum atomic E-state index is 0.253. The summed E-state index contributed by atoms with van der Waals surface area (Å²) in [6, 6.07) is 5.92. The highest BCUT2D eigenvalue weighted by atomic mass is 35.5. The van der Waals surface area contributed by atoms with Gasteiger partial charge < -0.3 is 5.32 Å². The van der Waals surface area contributed by atoms with E-state index in [1.165, 1.54) is 0 Å². The second-order valence-electron chi connectivity index (χ2n) is 4.27. The summed E-state index contributed by atoms with van der Waals surface area (Å²) in [6.07, 6.45) is 9.17. The molecular formula is C15H19Cl2N. The molecule has 1 atom stereocenters. The van der Waals surface area contributed by atoms with Crippen molar-refractivity contribution in [2.45, 2.75) is 38.6 Å². The molecule has 0 aliphatic rings. The molecule has 1 rings (SSSR count). The van der Waals surface area contributed by atoms with E-state index in [0.29, 0.717) is 5.02 Å². The highest BCUT2D eigenvalue weighted by Crippen LogP contribution is 2.29. The van der Waals surface area contributed by atoms with Gasteiger partial charge in [-0.3, -0.25) is 0 Å². The zero-order valence-corrected chi connectivity index (χ0v) is 12.2. The fourth-order valence-electron chi connectivity index (χ4n) is 1.88. The van der Waals surface area contributed by atoms with E-state index >= 15 is 0 Å². The predicted octanol–water partition coefficient (Wildman–Crippen LogP) is 4.84. The van der Waals surface area contributed by atoms with Crippen molar-refractivity contribution in [3.8, 4) is 12.3 Å². The number of rotatable bonds is 7. The molecule has 0 aromatic heterocycles. The van der Waals surface area contributed by atoms with Crippen LogP contribution in [0.5, 0.6) is 0 Å². The van der Waals surface area contributed by atoms with Crippen molar-refractivity contribution in [3.05, 3.63) is 33.8 Å². The molecule has 0 saturated heterocycles. The maximum atomic E-state index is 6.25. The molecule has 0 heterocycles. The van der Waals surface area contributed by atoms with Crippen molar-refractivity contribution in [2.75, 3.05) is 6.54 Å². The fraction of sp³-hybridized carbons (Fsp3) is 0.467. The molecule has 1 N–H and O–H groups in total. The number of nitrogens with one attached hydrogen (secondary N) is 1. The van der Waals surface area contributed by atoms with Gasteiger partial charge in [-0.1, -0.05) is 36.2 Å². The number of unbranched alkanes of at least 4 members (excludes halogenated alkanes) is 1. The molecular weight excluding hydrogens is 265 g/mol. The Morgan fingerprint density at radius 3 is 2.78 bits per heavy atom. The molecule has 0 saturated carbocycles. The van der Waals surface area contributed by atoms with Crippen LogP contribution in [0.25, 0.3) is 0 Å². The van der Waals surface area contributed by atoms with Gasteiger partial charge in [-0.05, 0) is 43.5 Å². The van der Waals surface area contributed by atoms with Crippen LogP contribution in [0.4, 0.5) is 0 Å². The average molecular weight is 284 g/mol. The molecule has 3 heteroatoms. The second kappa shape index (κ2) is 8.43. The lowest BCUT2D eigenvalue weighted by molar-refractivity contribution is 0.487. The Hall–Kier alpha value is -0.680. The molecule has 0 bridgehead atoms. The van der Waals surface area contributed by atoms with Gasteiger partial charge in [0, 0.05) is 22.5 Å². The smallest absolute Gasteiger partial charge is 0.0468 e. The Balaban J connectivity index is 2.76. The van der Waals surface area contributed by atoms with Gasteiger partial charge in [0.2, 0.25) is 0 Å². The third-order valence-corrected chi connectivity index (χ3v) is 3.35. The lowest BCUT2D eigenvalue weighted by Crippen LogP contribution is -2.22. The maximum absolute atomic E-state index is 6.25. The lowest BCUT2D eigenvalue weighted by Gasteiger charge is -2.20. The van der Waals surface area contributed by atoms with Crippen LogP contribution < -0.4 is 5.32 Å². The van der Waals surface area contributed by atoms with E-state index in [1.807, 2.05) is 12.1 Å². The first-order valence-electron chi connectivity index (χ1n) is 6.30. The van der Waals surface area contributed by atoms with Gasteiger partial charge in [0.1, 0.15) is 0 Å². The van der Waals surface area contributed by atoms with Crippen molar-refractivity contribution in [1.82, 2.24) is 5.32 Å². The molecule has 18 heavy (non-hydrogen) atoms. The SMILES string of the molecule is C#CCCCC(NCCC)c1ccc(Cl)cc1Cl. The van der Waals surface area contributed by atoms with Gasteiger partial charge in [-0.2, -0.15) is 0 Å². The molecule has 1 nitrogen and oxygen atoms in total. The van der Waals surface area contributed by atoms with Crippen LogP contribution in [0.3, 0.4) is 0 Å². The molecule has 98 valence electrons. The summed E-state index contributed by atoms with van der Waals surface area (Å²) in [5, 5.41) is 4.90. The van der Waals surface area contributed by atoms with E-state index in [9.17, 15) is 0 Å². The number of hydrogen-bond acceptors (Lipinski definition) is 1. The normalized spacial score (nSPS) is 12.1. The highest BCUT2D eigenvalue weighted by molar-refractivity contribution is 6.35. The summed E-state index contributed by atoms with van der Waals surface area (Å²) in [4.78, 5) is 0. The van der Waals surface area contributed by atoms with Gasteiger partial charge in [0.05, 0.1) is 0 Å². The third-order valence-electron chi connectivity index (χ3n) is 2.79. The molecule has 0 radical (unpaired) electrons. The van der Waals surface area contributed by atoms with Crippen LogP contribution in [-0.4, -0.2) is 6.54 Å². The molecule has 1 aromatic carbocycles. The molecule has 1 aromatic rings. The standard InChI is InChI=1S/C15H19Cl2N/c1-3-5-6-7-15(18-10-4-2)13-9-8-12(16)11-14(13)17/h1,8-9,11,15,18H,4-7,10H2,2H3.